The van der Waals surface area contributed by atoms with Crippen molar-refractivity contribution in [1.82, 2.24) is 5.32 Å². The minimum Gasteiger partial charge on any atom is -0.349 e. The molecule has 3 rings (SSSR count). The van der Waals surface area contributed by atoms with Gasteiger partial charge in [-0.25, -0.2) is 0 Å². The summed E-state index contributed by atoms with van der Waals surface area (Å²) in [6.07, 6.45) is -4.00. The number of fused-ring (bicyclic) bond motifs is 1. The largest absolute Gasteiger partial charge is 0.417 e. The molecule has 0 aliphatic heterocycles. The van der Waals surface area contributed by atoms with E-state index in [1.54, 1.807) is 18.3 Å². The SMILES string of the molecule is C[C@H](Cc1csc2ccccc12)NC(=O)c1ccccc1C(F)(F)F. The molecule has 2 nitrogen and oxygen atoms in total. The van der Waals surface area contributed by atoms with Crippen LogP contribution in [0, 0.1) is 0 Å². The number of benzene rings is 2. The van der Waals surface area contributed by atoms with E-state index in [1.165, 1.54) is 18.2 Å². The molecule has 0 radical (unpaired) electrons. The van der Waals surface area contributed by atoms with Gasteiger partial charge in [0, 0.05) is 10.7 Å². The maximum Gasteiger partial charge on any atom is 0.417 e. The minimum atomic E-state index is -4.55. The van der Waals surface area contributed by atoms with Crippen LogP contribution >= 0.6 is 11.3 Å². The van der Waals surface area contributed by atoms with Gasteiger partial charge in [-0.15, -0.1) is 11.3 Å². The Balaban J connectivity index is 1.75. The number of nitrogens with one attached hydrogen (secondary N) is 1. The van der Waals surface area contributed by atoms with Crippen molar-refractivity contribution in [3.05, 3.63) is 70.6 Å². The van der Waals surface area contributed by atoms with Gasteiger partial charge in [0.05, 0.1) is 11.1 Å². The van der Waals surface area contributed by atoms with Crippen LogP contribution in [0.5, 0.6) is 0 Å². The summed E-state index contributed by atoms with van der Waals surface area (Å²) in [6, 6.07) is 12.5. The molecule has 0 aliphatic rings. The van der Waals surface area contributed by atoms with Gasteiger partial charge in [-0.05, 0) is 47.9 Å². The first-order valence-electron chi connectivity index (χ1n) is 7.78. The van der Waals surface area contributed by atoms with Gasteiger partial charge in [-0.3, -0.25) is 4.79 Å². The number of carbonyl (C=O) groups is 1. The van der Waals surface area contributed by atoms with Crippen LogP contribution in [0.25, 0.3) is 10.1 Å². The lowest BCUT2D eigenvalue weighted by Gasteiger charge is -2.16. The molecule has 0 spiro atoms. The van der Waals surface area contributed by atoms with Crippen LogP contribution in [-0.2, 0) is 12.6 Å². The van der Waals surface area contributed by atoms with Crippen molar-refractivity contribution in [3.63, 3.8) is 0 Å². The fourth-order valence-electron chi connectivity index (χ4n) is 2.80. The topological polar surface area (TPSA) is 29.1 Å². The van der Waals surface area contributed by atoms with E-state index in [4.69, 9.17) is 0 Å². The standard InChI is InChI=1S/C19H16F3NOS/c1-12(10-13-11-25-17-9-5-3-6-14(13)17)23-18(24)15-7-2-4-8-16(15)19(20,21)22/h2-9,11-12H,10H2,1H3,(H,23,24)/t12-/m1/s1. The van der Waals surface area contributed by atoms with Crippen molar-refractivity contribution < 1.29 is 18.0 Å². The fourth-order valence-corrected chi connectivity index (χ4v) is 3.78. The van der Waals surface area contributed by atoms with Crippen molar-refractivity contribution in [1.29, 1.82) is 0 Å². The number of hydrogen-bond acceptors (Lipinski definition) is 2. The lowest BCUT2D eigenvalue weighted by Crippen LogP contribution is -2.35. The van der Waals surface area contributed by atoms with Crippen LogP contribution in [0.2, 0.25) is 0 Å². The quantitative estimate of drug-likeness (QED) is 0.671. The van der Waals surface area contributed by atoms with Gasteiger partial charge >= 0.3 is 6.18 Å². The Hall–Kier alpha value is -2.34. The number of carbonyl (C=O) groups excluding carboxylic acids is 1. The predicted octanol–water partition coefficient (Wildman–Crippen LogP) is 5.28. The summed E-state index contributed by atoms with van der Waals surface area (Å²) in [7, 11) is 0. The van der Waals surface area contributed by atoms with E-state index in [-0.39, 0.29) is 11.6 Å². The van der Waals surface area contributed by atoms with E-state index in [2.05, 4.69) is 5.32 Å². The second-order valence-electron chi connectivity index (χ2n) is 5.88. The van der Waals surface area contributed by atoms with Gasteiger partial charge < -0.3 is 5.32 Å². The zero-order valence-corrected chi connectivity index (χ0v) is 14.2. The summed E-state index contributed by atoms with van der Waals surface area (Å²) >= 11 is 1.62. The molecule has 0 aliphatic carbocycles. The van der Waals surface area contributed by atoms with Crippen LogP contribution in [0.15, 0.2) is 53.9 Å². The zero-order valence-electron chi connectivity index (χ0n) is 13.4. The lowest BCUT2D eigenvalue weighted by molar-refractivity contribution is -0.137. The minimum absolute atomic E-state index is 0.285. The second-order valence-corrected chi connectivity index (χ2v) is 6.79. The number of alkyl halides is 3. The van der Waals surface area contributed by atoms with E-state index >= 15 is 0 Å². The number of halogens is 3. The summed E-state index contributed by atoms with van der Waals surface area (Å²) in [5.41, 5.74) is -0.185. The van der Waals surface area contributed by atoms with Crippen molar-refractivity contribution in [2.24, 2.45) is 0 Å². The van der Waals surface area contributed by atoms with E-state index in [0.29, 0.717) is 6.42 Å². The average molecular weight is 363 g/mol. The third-order valence-electron chi connectivity index (χ3n) is 3.94. The molecular formula is C19H16F3NOS. The van der Waals surface area contributed by atoms with E-state index < -0.39 is 17.6 Å². The molecule has 0 saturated heterocycles. The van der Waals surface area contributed by atoms with Crippen LogP contribution in [0.1, 0.15) is 28.4 Å². The molecule has 130 valence electrons. The predicted molar refractivity (Wildman–Crippen MR) is 93.9 cm³/mol. The molecule has 6 heteroatoms. The first-order valence-corrected chi connectivity index (χ1v) is 8.66. The van der Waals surface area contributed by atoms with Crippen LogP contribution in [-0.4, -0.2) is 11.9 Å². The molecule has 2 aromatic carbocycles. The smallest absolute Gasteiger partial charge is 0.349 e. The Morgan fingerprint density at radius 2 is 1.80 bits per heavy atom. The maximum atomic E-state index is 13.0. The molecule has 1 aromatic heterocycles. The lowest BCUT2D eigenvalue weighted by atomic mass is 10.0. The highest BCUT2D eigenvalue weighted by atomic mass is 32.1. The highest BCUT2D eigenvalue weighted by Gasteiger charge is 2.35. The highest BCUT2D eigenvalue weighted by molar-refractivity contribution is 7.17. The Bertz CT molecular complexity index is 901. The van der Waals surface area contributed by atoms with Crippen LogP contribution in [0.3, 0.4) is 0 Å². The monoisotopic (exact) mass is 363 g/mol. The second kappa shape index (κ2) is 6.88. The van der Waals surface area contributed by atoms with Gasteiger partial charge in [-0.2, -0.15) is 13.2 Å². The van der Waals surface area contributed by atoms with Crippen molar-refractivity contribution >= 4 is 27.3 Å². The van der Waals surface area contributed by atoms with Crippen LogP contribution < -0.4 is 5.32 Å². The third kappa shape index (κ3) is 3.85. The van der Waals surface area contributed by atoms with Gasteiger partial charge in [-0.1, -0.05) is 30.3 Å². The molecule has 1 heterocycles. The number of amides is 1. The number of hydrogen-bond donors (Lipinski definition) is 1. The zero-order chi connectivity index (χ0) is 18.0. The van der Waals surface area contributed by atoms with Gasteiger partial charge in [0.15, 0.2) is 0 Å². The van der Waals surface area contributed by atoms with E-state index in [0.717, 1.165) is 21.7 Å². The third-order valence-corrected chi connectivity index (χ3v) is 4.95. The summed E-state index contributed by atoms with van der Waals surface area (Å²) in [5, 5.41) is 5.82. The molecule has 1 N–H and O–H groups in total. The van der Waals surface area contributed by atoms with Crippen molar-refractivity contribution in [2.75, 3.05) is 0 Å². The van der Waals surface area contributed by atoms with Crippen molar-refractivity contribution in [3.8, 4) is 0 Å². The van der Waals surface area contributed by atoms with Crippen molar-refractivity contribution in [2.45, 2.75) is 25.6 Å². The van der Waals surface area contributed by atoms with E-state index in [9.17, 15) is 18.0 Å². The fraction of sp³-hybridized carbons (Fsp3) is 0.211. The summed E-state index contributed by atoms with van der Waals surface area (Å²) < 4.78 is 40.3. The Morgan fingerprint density at radius 1 is 1.12 bits per heavy atom. The van der Waals surface area contributed by atoms with E-state index in [1.807, 2.05) is 29.6 Å². The molecule has 3 aromatic rings. The summed E-state index contributed by atoms with van der Waals surface area (Å²) in [6.45, 7) is 1.79. The maximum absolute atomic E-state index is 13.0. The molecule has 0 saturated carbocycles. The Labute approximate surface area is 147 Å². The average Bonchev–Trinajstić information content (AvgIpc) is 2.97. The summed E-state index contributed by atoms with van der Waals surface area (Å²) in [5.74, 6) is -0.708. The van der Waals surface area contributed by atoms with Gasteiger partial charge in [0.1, 0.15) is 0 Å². The number of rotatable bonds is 4. The molecule has 25 heavy (non-hydrogen) atoms. The molecule has 1 atom stereocenters. The van der Waals surface area contributed by atoms with Crippen LogP contribution in [0.4, 0.5) is 13.2 Å². The first kappa shape index (κ1) is 17.5. The normalized spacial score (nSPS) is 13.0. The molecule has 0 bridgehead atoms. The van der Waals surface area contributed by atoms with Gasteiger partial charge in [0.25, 0.3) is 5.91 Å². The van der Waals surface area contributed by atoms with Gasteiger partial charge in [0.2, 0.25) is 0 Å². The molecule has 1 amide bonds. The number of thiophene rings is 1. The molecule has 0 fully saturated rings. The molecule has 0 unspecified atom stereocenters. The highest BCUT2D eigenvalue weighted by Crippen LogP contribution is 2.32. The summed E-state index contributed by atoms with van der Waals surface area (Å²) in [4.78, 5) is 12.3. The Morgan fingerprint density at radius 3 is 2.56 bits per heavy atom. The molecular weight excluding hydrogens is 347 g/mol. The Kier molecular flexibility index (Phi) is 4.81. The first-order chi connectivity index (χ1) is 11.9.